The number of halogens is 1. The van der Waals surface area contributed by atoms with Crippen LogP contribution in [0.3, 0.4) is 0 Å². The van der Waals surface area contributed by atoms with Crippen LogP contribution in [0.1, 0.15) is 0 Å². The van der Waals surface area contributed by atoms with Crippen LogP contribution in [-0.2, 0) is 0 Å². The normalized spacial score (nSPS) is 10.6. The largest absolute Gasteiger partial charge is 0.263 e. The summed E-state index contributed by atoms with van der Waals surface area (Å²) in [7, 11) is 0. The van der Waals surface area contributed by atoms with Crippen molar-refractivity contribution in [3.05, 3.63) is 60.0 Å². The molecular weight excluding hydrogens is 232 g/mol. The zero-order valence-electron chi connectivity index (χ0n) is 8.97. The molecule has 3 aromatic rings. The first-order chi connectivity index (χ1) is 8.34. The van der Waals surface area contributed by atoms with Crippen molar-refractivity contribution in [3.63, 3.8) is 0 Å². The van der Waals surface area contributed by atoms with Crippen molar-refractivity contribution in [2.24, 2.45) is 0 Å². The topological polar surface area (TPSA) is 25.8 Å². The van der Waals surface area contributed by atoms with Gasteiger partial charge in [-0.3, -0.25) is 4.98 Å². The lowest BCUT2D eigenvalue weighted by molar-refractivity contribution is 1.32. The molecule has 2 aromatic heterocycles. The Kier molecular flexibility index (Phi) is 2.50. The maximum atomic E-state index is 5.95. The fourth-order valence-corrected chi connectivity index (χ4v) is 2.00. The van der Waals surface area contributed by atoms with E-state index in [2.05, 4.69) is 9.97 Å². The summed E-state index contributed by atoms with van der Waals surface area (Å²) in [5.41, 5.74) is 2.99. The summed E-state index contributed by atoms with van der Waals surface area (Å²) in [5.74, 6) is 0. The molecule has 2 nitrogen and oxygen atoms in total. The highest BCUT2D eigenvalue weighted by atomic mass is 35.5. The summed E-state index contributed by atoms with van der Waals surface area (Å²) in [5, 5.41) is 1.50. The molecule has 0 fully saturated rings. The summed E-state index contributed by atoms with van der Waals surface area (Å²) in [6, 6.07) is 13.8. The van der Waals surface area contributed by atoms with E-state index in [1.807, 2.05) is 42.6 Å². The molecule has 2 heterocycles. The van der Waals surface area contributed by atoms with Crippen molar-refractivity contribution in [2.45, 2.75) is 0 Å². The van der Waals surface area contributed by atoms with E-state index in [1.165, 1.54) is 0 Å². The molecule has 0 bridgehead atoms. The number of hydrogen-bond acceptors (Lipinski definition) is 2. The summed E-state index contributed by atoms with van der Waals surface area (Å²) in [6.45, 7) is 0. The number of nitrogens with zero attached hydrogens (tertiary/aromatic N) is 2. The van der Waals surface area contributed by atoms with Crippen LogP contribution in [0.5, 0.6) is 0 Å². The molecule has 0 unspecified atom stereocenters. The minimum atomic E-state index is 0.501. The van der Waals surface area contributed by atoms with Gasteiger partial charge in [0.05, 0.1) is 5.52 Å². The molecule has 0 saturated heterocycles. The van der Waals surface area contributed by atoms with Crippen LogP contribution in [0.15, 0.2) is 54.9 Å². The first kappa shape index (κ1) is 10.2. The van der Waals surface area contributed by atoms with Crippen LogP contribution < -0.4 is 0 Å². The summed E-state index contributed by atoms with van der Waals surface area (Å²) in [6.07, 6.45) is 3.62. The highest BCUT2D eigenvalue weighted by molar-refractivity contribution is 6.29. The lowest BCUT2D eigenvalue weighted by atomic mass is 10.1. The highest BCUT2D eigenvalue weighted by Gasteiger charge is 2.05. The minimum Gasteiger partial charge on any atom is -0.263 e. The van der Waals surface area contributed by atoms with Gasteiger partial charge >= 0.3 is 0 Å². The van der Waals surface area contributed by atoms with Gasteiger partial charge in [0.15, 0.2) is 0 Å². The molecule has 0 aliphatic heterocycles. The van der Waals surface area contributed by atoms with Gasteiger partial charge in [-0.05, 0) is 17.7 Å². The van der Waals surface area contributed by atoms with Gasteiger partial charge in [0.2, 0.25) is 0 Å². The van der Waals surface area contributed by atoms with Crippen LogP contribution in [0, 0.1) is 0 Å². The van der Waals surface area contributed by atoms with Crippen LogP contribution in [-0.4, -0.2) is 9.97 Å². The second-order valence-corrected chi connectivity index (χ2v) is 4.15. The SMILES string of the molecule is Clc1ccc2cncc(-c3ccccc3)c2n1. The molecule has 0 aliphatic rings. The lowest BCUT2D eigenvalue weighted by Crippen LogP contribution is -1.87. The van der Waals surface area contributed by atoms with Crippen LogP contribution in [0.4, 0.5) is 0 Å². The monoisotopic (exact) mass is 240 g/mol. The molecule has 17 heavy (non-hydrogen) atoms. The molecule has 0 spiro atoms. The van der Waals surface area contributed by atoms with E-state index in [-0.39, 0.29) is 0 Å². The maximum absolute atomic E-state index is 5.95. The fourth-order valence-electron chi connectivity index (χ4n) is 1.85. The van der Waals surface area contributed by atoms with Crippen LogP contribution in [0.2, 0.25) is 5.15 Å². The Labute approximate surface area is 104 Å². The first-order valence-corrected chi connectivity index (χ1v) is 5.68. The Hall–Kier alpha value is -1.93. The molecule has 1 aromatic carbocycles. The van der Waals surface area contributed by atoms with E-state index in [4.69, 9.17) is 11.6 Å². The van der Waals surface area contributed by atoms with Gasteiger partial charge in [-0.25, -0.2) is 4.98 Å². The fraction of sp³-hybridized carbons (Fsp3) is 0. The standard InChI is InChI=1S/C14H9ClN2/c15-13-7-6-11-8-16-9-12(14(11)17-13)10-4-2-1-3-5-10/h1-9H. The Morgan fingerprint density at radius 1 is 0.882 bits per heavy atom. The zero-order chi connectivity index (χ0) is 11.7. The summed E-state index contributed by atoms with van der Waals surface area (Å²) < 4.78 is 0. The first-order valence-electron chi connectivity index (χ1n) is 5.30. The smallest absolute Gasteiger partial charge is 0.129 e. The Balaban J connectivity index is 2.33. The van der Waals surface area contributed by atoms with E-state index in [9.17, 15) is 0 Å². The van der Waals surface area contributed by atoms with Gasteiger partial charge in [-0.15, -0.1) is 0 Å². The second kappa shape index (κ2) is 4.15. The number of pyridine rings is 2. The Morgan fingerprint density at radius 2 is 1.71 bits per heavy atom. The Morgan fingerprint density at radius 3 is 2.53 bits per heavy atom. The molecule has 0 radical (unpaired) electrons. The molecular formula is C14H9ClN2. The van der Waals surface area contributed by atoms with E-state index < -0.39 is 0 Å². The van der Waals surface area contributed by atoms with Gasteiger partial charge in [0.1, 0.15) is 5.15 Å². The van der Waals surface area contributed by atoms with Crippen molar-refractivity contribution in [1.29, 1.82) is 0 Å². The highest BCUT2D eigenvalue weighted by Crippen LogP contribution is 2.26. The molecule has 3 heteroatoms. The van der Waals surface area contributed by atoms with Gasteiger partial charge in [0.25, 0.3) is 0 Å². The predicted octanol–water partition coefficient (Wildman–Crippen LogP) is 3.95. The van der Waals surface area contributed by atoms with Gasteiger partial charge < -0.3 is 0 Å². The third-order valence-corrected chi connectivity index (χ3v) is 2.86. The van der Waals surface area contributed by atoms with Crippen molar-refractivity contribution < 1.29 is 0 Å². The molecule has 0 saturated carbocycles. The molecule has 0 aliphatic carbocycles. The Bertz CT molecular complexity index is 665. The number of fused-ring (bicyclic) bond motifs is 1. The second-order valence-electron chi connectivity index (χ2n) is 3.76. The number of aromatic nitrogens is 2. The van der Waals surface area contributed by atoms with Crippen molar-refractivity contribution in [3.8, 4) is 11.1 Å². The van der Waals surface area contributed by atoms with Gasteiger partial charge in [0, 0.05) is 23.3 Å². The molecule has 0 amide bonds. The molecule has 3 rings (SSSR count). The maximum Gasteiger partial charge on any atom is 0.129 e. The number of rotatable bonds is 1. The number of benzene rings is 1. The van der Waals surface area contributed by atoms with Crippen molar-refractivity contribution in [2.75, 3.05) is 0 Å². The van der Waals surface area contributed by atoms with Crippen LogP contribution in [0.25, 0.3) is 22.0 Å². The predicted molar refractivity (Wildman–Crippen MR) is 70.0 cm³/mol. The zero-order valence-corrected chi connectivity index (χ0v) is 9.72. The van der Waals surface area contributed by atoms with E-state index in [1.54, 1.807) is 12.3 Å². The minimum absolute atomic E-state index is 0.501. The van der Waals surface area contributed by atoms with Crippen molar-refractivity contribution >= 4 is 22.5 Å². The average molecular weight is 241 g/mol. The van der Waals surface area contributed by atoms with E-state index in [0.717, 1.165) is 22.0 Å². The number of hydrogen-bond donors (Lipinski definition) is 0. The van der Waals surface area contributed by atoms with Crippen molar-refractivity contribution in [1.82, 2.24) is 9.97 Å². The van der Waals surface area contributed by atoms with Gasteiger partial charge in [-0.2, -0.15) is 0 Å². The quantitative estimate of drug-likeness (QED) is 0.602. The third-order valence-electron chi connectivity index (χ3n) is 2.65. The summed E-state index contributed by atoms with van der Waals surface area (Å²) >= 11 is 5.95. The molecule has 82 valence electrons. The lowest BCUT2D eigenvalue weighted by Gasteiger charge is -2.05. The third kappa shape index (κ3) is 1.87. The summed E-state index contributed by atoms with van der Waals surface area (Å²) in [4.78, 5) is 8.61. The van der Waals surface area contributed by atoms with Gasteiger partial charge in [-0.1, -0.05) is 41.9 Å². The average Bonchev–Trinajstić information content (AvgIpc) is 2.39. The van der Waals surface area contributed by atoms with E-state index in [0.29, 0.717) is 5.15 Å². The van der Waals surface area contributed by atoms with E-state index >= 15 is 0 Å². The molecule has 0 N–H and O–H groups in total. The van der Waals surface area contributed by atoms with Crippen LogP contribution >= 0.6 is 11.6 Å². The molecule has 0 atom stereocenters.